The number of anilines is 1. The number of ketones is 1. The molecule has 2 aromatic carbocycles. The van der Waals surface area contributed by atoms with E-state index in [1.807, 2.05) is 4.57 Å². The first-order valence-electron chi connectivity index (χ1n) is 16.9. The third-order valence-corrected chi connectivity index (χ3v) is 11.2. The highest BCUT2D eigenvalue weighted by molar-refractivity contribution is 7.90. The number of ether oxygens (including phenoxy) is 1. The Hall–Kier alpha value is -4.74. The number of aliphatic carboxylic acids is 1. The minimum Gasteiger partial charge on any atom is -0.481 e. The molecule has 57 heavy (non-hydrogen) atoms. The maximum atomic E-state index is 14.5. The molecule has 0 radical (unpaired) electrons. The average molecular weight is 867 g/mol. The number of hydrogen-bond acceptors (Lipinski definition) is 13. The first kappa shape index (κ1) is 43.4. The van der Waals surface area contributed by atoms with Crippen molar-refractivity contribution in [1.82, 2.24) is 19.4 Å². The van der Waals surface area contributed by atoms with Crippen molar-refractivity contribution in [2.75, 3.05) is 37.1 Å². The Balaban J connectivity index is 0.000000180. The van der Waals surface area contributed by atoms with Crippen molar-refractivity contribution in [3.8, 4) is 18.1 Å². The zero-order valence-electron chi connectivity index (χ0n) is 30.6. The molecule has 4 heterocycles. The molecule has 1 aliphatic carbocycles. The maximum Gasteiger partial charge on any atom is 0.339 e. The molecule has 17 nitrogen and oxygen atoms in total. The van der Waals surface area contributed by atoms with Crippen molar-refractivity contribution >= 4 is 69.6 Å². The van der Waals surface area contributed by atoms with Crippen molar-refractivity contribution in [1.29, 1.82) is 0 Å². The van der Waals surface area contributed by atoms with E-state index in [9.17, 15) is 31.8 Å². The van der Waals surface area contributed by atoms with Gasteiger partial charge in [0.25, 0.3) is 5.91 Å². The number of nitrogens with zero attached hydrogens (tertiary/aromatic N) is 5. The minimum atomic E-state index is -4.10. The van der Waals surface area contributed by atoms with Crippen LogP contribution in [-0.4, -0.2) is 87.3 Å². The number of carboxylic acids is 1. The molecular weight excluding hydrogens is 830 g/mol. The van der Waals surface area contributed by atoms with Crippen LogP contribution in [0.2, 0.25) is 5.02 Å². The van der Waals surface area contributed by atoms with E-state index in [0.717, 1.165) is 37.9 Å². The van der Waals surface area contributed by atoms with Crippen molar-refractivity contribution in [3.05, 3.63) is 74.9 Å². The van der Waals surface area contributed by atoms with E-state index in [0.29, 0.717) is 27.6 Å². The number of terminal acetylenes is 1. The number of sulfone groups is 1. The SMILES string of the molecule is C#CCN1C(=O)COc2cc(F)c(/N=c3\snc4n3CC(C)(C)C4)cc21.CS(=O)(=O)c1cc(Cl)ccc1C(=O)c1cnoc1C1CC1.O=C(O)CNCP(=O)(O)O. The number of fused-ring (bicyclic) bond motifs is 2. The fourth-order valence-corrected chi connectivity index (χ4v) is 8.05. The molecule has 2 aliphatic heterocycles. The normalized spacial score (nSPS) is 15.9. The third-order valence-electron chi connectivity index (χ3n) is 8.41. The van der Waals surface area contributed by atoms with Crippen molar-refractivity contribution < 1.29 is 55.9 Å². The van der Waals surface area contributed by atoms with Crippen LogP contribution >= 0.6 is 30.7 Å². The molecule has 7 rings (SSSR count). The molecule has 1 saturated carbocycles. The van der Waals surface area contributed by atoms with E-state index in [-0.39, 0.29) is 51.6 Å². The number of amides is 1. The largest absolute Gasteiger partial charge is 0.481 e. The number of rotatable bonds is 10. The summed E-state index contributed by atoms with van der Waals surface area (Å²) in [7, 11) is -7.66. The Morgan fingerprint density at radius 1 is 1.23 bits per heavy atom. The second kappa shape index (κ2) is 17.4. The van der Waals surface area contributed by atoms with Gasteiger partial charge in [0.1, 0.15) is 17.3 Å². The van der Waals surface area contributed by atoms with Gasteiger partial charge in [-0.3, -0.25) is 29.2 Å². The molecule has 0 bridgehead atoms. The first-order valence-corrected chi connectivity index (χ1v) is 21.8. The van der Waals surface area contributed by atoms with Crippen LogP contribution in [0.15, 0.2) is 50.9 Å². The summed E-state index contributed by atoms with van der Waals surface area (Å²) in [5.74, 6) is 2.12. The van der Waals surface area contributed by atoms with Crippen LogP contribution < -0.4 is 19.8 Å². The van der Waals surface area contributed by atoms with Gasteiger partial charge in [0.05, 0.1) is 41.7 Å². The lowest BCUT2D eigenvalue weighted by Crippen LogP contribution is -2.39. The monoisotopic (exact) mass is 866 g/mol. The summed E-state index contributed by atoms with van der Waals surface area (Å²) in [6.45, 7) is 4.61. The number of hydrogen-bond donors (Lipinski definition) is 4. The molecule has 1 amide bonds. The predicted molar refractivity (Wildman–Crippen MR) is 205 cm³/mol. The maximum absolute atomic E-state index is 14.5. The third kappa shape index (κ3) is 11.2. The summed E-state index contributed by atoms with van der Waals surface area (Å²) in [4.78, 5) is 57.3. The van der Waals surface area contributed by atoms with Crippen LogP contribution in [0.1, 0.15) is 60.1 Å². The fraction of sp³-hybridized carbons (Fsp3) is 0.371. The molecule has 3 aliphatic rings. The molecule has 0 atom stereocenters. The van der Waals surface area contributed by atoms with Gasteiger partial charge < -0.3 is 28.7 Å². The molecule has 0 spiro atoms. The van der Waals surface area contributed by atoms with Crippen LogP contribution in [0.25, 0.3) is 0 Å². The Labute approximate surface area is 334 Å². The first-order chi connectivity index (χ1) is 26.7. The topological polar surface area (TPSA) is 244 Å². The molecular formula is C35H37ClFN6O11PS2. The number of aromatic nitrogens is 3. The van der Waals surface area contributed by atoms with Crippen molar-refractivity contribution in [2.24, 2.45) is 10.4 Å². The van der Waals surface area contributed by atoms with Gasteiger partial charge in [-0.15, -0.1) is 6.42 Å². The van der Waals surface area contributed by atoms with E-state index in [2.05, 4.69) is 39.6 Å². The van der Waals surface area contributed by atoms with E-state index in [1.54, 1.807) is 0 Å². The zero-order valence-corrected chi connectivity index (χ0v) is 33.9. The molecule has 4 aromatic rings. The summed E-state index contributed by atoms with van der Waals surface area (Å²) in [6, 6.07) is 6.96. The highest BCUT2D eigenvalue weighted by atomic mass is 35.5. The number of carboxylic acid groups (broad SMARTS) is 1. The van der Waals surface area contributed by atoms with E-state index < -0.39 is 47.8 Å². The van der Waals surface area contributed by atoms with E-state index in [4.69, 9.17) is 42.2 Å². The van der Waals surface area contributed by atoms with Gasteiger partial charge in [-0.05, 0) is 42.5 Å². The molecule has 1 fully saturated rings. The fourth-order valence-electron chi connectivity index (χ4n) is 5.75. The Bertz CT molecular complexity index is 2490. The molecule has 22 heteroatoms. The van der Waals surface area contributed by atoms with Gasteiger partial charge >= 0.3 is 13.6 Å². The van der Waals surface area contributed by atoms with Gasteiger partial charge in [0.15, 0.2) is 33.8 Å². The van der Waals surface area contributed by atoms with Gasteiger partial charge in [-0.1, -0.05) is 36.5 Å². The molecule has 0 saturated heterocycles. The summed E-state index contributed by atoms with van der Waals surface area (Å²) < 4.78 is 65.2. The van der Waals surface area contributed by atoms with E-state index >= 15 is 0 Å². The van der Waals surface area contributed by atoms with Crippen molar-refractivity contribution in [3.63, 3.8) is 0 Å². The second-order valence-corrected chi connectivity index (χ2v) is 18.7. The van der Waals surface area contributed by atoms with E-state index in [1.165, 1.54) is 53.0 Å². The Morgan fingerprint density at radius 3 is 2.58 bits per heavy atom. The van der Waals surface area contributed by atoms with Crippen LogP contribution in [0.4, 0.5) is 15.8 Å². The number of benzene rings is 2. The smallest absolute Gasteiger partial charge is 0.339 e. The summed E-state index contributed by atoms with van der Waals surface area (Å²) in [5.41, 5.74) is 1.09. The minimum absolute atomic E-state index is 0.0806. The highest BCUT2D eigenvalue weighted by Crippen LogP contribution is 2.42. The molecule has 0 unspecified atom stereocenters. The highest BCUT2D eigenvalue weighted by Gasteiger charge is 2.34. The van der Waals surface area contributed by atoms with Crippen LogP contribution in [0.3, 0.4) is 0 Å². The quantitative estimate of drug-likeness (QED) is 0.100. The molecule has 4 N–H and O–H groups in total. The van der Waals surface area contributed by atoms with Gasteiger partial charge in [0.2, 0.25) is 4.80 Å². The predicted octanol–water partition coefficient (Wildman–Crippen LogP) is 3.89. The lowest BCUT2D eigenvalue weighted by atomic mass is 9.92. The summed E-state index contributed by atoms with van der Waals surface area (Å²) >= 11 is 7.08. The van der Waals surface area contributed by atoms with Gasteiger partial charge in [-0.2, -0.15) is 4.37 Å². The summed E-state index contributed by atoms with van der Waals surface area (Å²) in [5, 5.41) is 14.0. The van der Waals surface area contributed by atoms with Crippen LogP contribution in [0.5, 0.6) is 5.75 Å². The zero-order chi connectivity index (χ0) is 41.9. The standard InChI is InChI=1S/C18H17FN4O2S.C14H12ClNO4S.C3H8NO5P/c1-4-5-22-13-7-12(11(19)6-14(13)25-9-16(22)24)20-17-23-10-18(2,3)8-15(23)21-26-17;1-21(18,19)12-6-9(15)4-5-10(12)13(17)11-7-16-20-14(11)8-2-3-8;5-3(6)1-4-2-10(7,8)9/h1,6-7H,5,8-10H2,2-3H3;4-8H,2-3H2,1H3;4H,1-2H2,(H,5,6)(H2,7,8,9)/b20-17-;;. The lowest BCUT2D eigenvalue weighted by molar-refractivity contribution is -0.135. The summed E-state index contributed by atoms with van der Waals surface area (Å²) in [6.07, 6.45) is 9.92. The average Bonchev–Trinajstić information content (AvgIpc) is 3.60. The molecule has 2 aromatic heterocycles. The Morgan fingerprint density at radius 2 is 1.95 bits per heavy atom. The molecule has 304 valence electrons. The van der Waals surface area contributed by atoms with Crippen molar-refractivity contribution in [2.45, 2.75) is 50.5 Å². The number of halogens is 2. The Kier molecular flexibility index (Phi) is 13.2. The number of carbonyl (C=O) groups excluding carboxylic acids is 2. The van der Waals surface area contributed by atoms with Gasteiger partial charge in [0, 0.05) is 53.3 Å². The lowest BCUT2D eigenvalue weighted by Gasteiger charge is -2.28. The van der Waals surface area contributed by atoms with Crippen LogP contribution in [0, 0.1) is 23.6 Å². The number of nitrogens with one attached hydrogen (secondary N) is 1. The van der Waals surface area contributed by atoms with Crippen LogP contribution in [-0.2, 0) is 37.0 Å². The second-order valence-electron chi connectivity index (χ2n) is 13.9. The van der Waals surface area contributed by atoms with Gasteiger partial charge in [-0.25, -0.2) is 17.8 Å². The number of carbonyl (C=O) groups is 3.